The number of amides is 2. The van der Waals surface area contributed by atoms with E-state index in [2.05, 4.69) is 21.7 Å². The van der Waals surface area contributed by atoms with Crippen molar-refractivity contribution in [1.82, 2.24) is 30.2 Å². The predicted octanol–water partition coefficient (Wildman–Crippen LogP) is 3.20. The van der Waals surface area contributed by atoms with Crippen LogP contribution in [0.15, 0.2) is 48.7 Å². The first-order valence-electron chi connectivity index (χ1n) is 11.8. The molecule has 0 saturated carbocycles. The average Bonchev–Trinajstić information content (AvgIpc) is 3.26. The fraction of sp³-hybridized carbons (Fsp3) is 0.259. The summed E-state index contributed by atoms with van der Waals surface area (Å²) in [6.07, 6.45) is 2.95. The van der Waals surface area contributed by atoms with E-state index in [1.165, 1.54) is 0 Å². The Kier molecular flexibility index (Phi) is 6.17. The third-order valence-electron chi connectivity index (χ3n) is 6.27. The summed E-state index contributed by atoms with van der Waals surface area (Å²) in [6.45, 7) is 4.88. The van der Waals surface area contributed by atoms with Gasteiger partial charge in [0.25, 0.3) is 5.91 Å². The summed E-state index contributed by atoms with van der Waals surface area (Å²) in [5.74, 6) is -0.0324. The number of fused-ring (bicyclic) bond motifs is 1. The third kappa shape index (κ3) is 4.66. The van der Waals surface area contributed by atoms with Crippen LogP contribution in [0.5, 0.6) is 0 Å². The molecule has 9 nitrogen and oxygen atoms in total. The number of nitrogens with zero attached hydrogens (tertiary/aromatic N) is 5. The molecule has 2 N–H and O–H groups in total. The van der Waals surface area contributed by atoms with E-state index in [4.69, 9.17) is 10.1 Å². The standard InChI is InChI=1S/C27H25N7O2/c1-16-10-21(11-17(2)31-16)24-25(20-5-3-4-18(12-20)13-28)33-34-9-8-22(32-26(24)34)27(36)30-15-19-6-7-23(35)29-14-19/h3-5,8-12,19H,6-7,14-15H2,1-2H3,(H,29,35)(H,30,36). The second kappa shape index (κ2) is 9.58. The second-order valence-electron chi connectivity index (χ2n) is 9.05. The van der Waals surface area contributed by atoms with Gasteiger partial charge in [0.15, 0.2) is 5.65 Å². The summed E-state index contributed by atoms with van der Waals surface area (Å²) in [5.41, 5.74) is 6.16. The van der Waals surface area contributed by atoms with Crippen molar-refractivity contribution in [2.75, 3.05) is 13.1 Å². The van der Waals surface area contributed by atoms with Gasteiger partial charge in [0.1, 0.15) is 11.4 Å². The number of hydrogen-bond donors (Lipinski definition) is 2. The molecule has 5 rings (SSSR count). The van der Waals surface area contributed by atoms with Crippen molar-refractivity contribution >= 4 is 17.5 Å². The summed E-state index contributed by atoms with van der Waals surface area (Å²) in [5, 5.41) is 20.0. The highest BCUT2D eigenvalue weighted by atomic mass is 16.2. The van der Waals surface area contributed by atoms with Crippen LogP contribution >= 0.6 is 0 Å². The van der Waals surface area contributed by atoms with E-state index in [0.717, 1.165) is 34.5 Å². The number of piperidine rings is 1. The first-order chi connectivity index (χ1) is 17.4. The van der Waals surface area contributed by atoms with Crippen molar-refractivity contribution < 1.29 is 9.59 Å². The Morgan fingerprint density at radius 3 is 2.69 bits per heavy atom. The van der Waals surface area contributed by atoms with Crippen molar-refractivity contribution in [1.29, 1.82) is 5.26 Å². The number of rotatable bonds is 5. The predicted molar refractivity (Wildman–Crippen MR) is 134 cm³/mol. The monoisotopic (exact) mass is 479 g/mol. The van der Waals surface area contributed by atoms with E-state index < -0.39 is 0 Å². The molecular formula is C27H25N7O2. The highest BCUT2D eigenvalue weighted by molar-refractivity contribution is 5.95. The van der Waals surface area contributed by atoms with Gasteiger partial charge in [-0.15, -0.1) is 0 Å². The summed E-state index contributed by atoms with van der Waals surface area (Å²) in [4.78, 5) is 33.6. The maximum Gasteiger partial charge on any atom is 0.270 e. The molecule has 4 aromatic rings. The van der Waals surface area contributed by atoms with Crippen molar-refractivity contribution in [2.24, 2.45) is 5.92 Å². The summed E-state index contributed by atoms with van der Waals surface area (Å²) >= 11 is 0. The molecule has 2 amide bonds. The lowest BCUT2D eigenvalue weighted by Crippen LogP contribution is -2.40. The number of pyridine rings is 1. The third-order valence-corrected chi connectivity index (χ3v) is 6.27. The van der Waals surface area contributed by atoms with Gasteiger partial charge in [-0.25, -0.2) is 9.50 Å². The van der Waals surface area contributed by atoms with E-state index in [9.17, 15) is 14.9 Å². The van der Waals surface area contributed by atoms with Gasteiger partial charge in [0.05, 0.1) is 17.2 Å². The molecule has 180 valence electrons. The van der Waals surface area contributed by atoms with E-state index >= 15 is 0 Å². The van der Waals surface area contributed by atoms with Crippen LogP contribution in [0.1, 0.15) is 40.3 Å². The number of hydrogen-bond acceptors (Lipinski definition) is 6. The van der Waals surface area contributed by atoms with Crippen LogP contribution in [-0.2, 0) is 4.79 Å². The van der Waals surface area contributed by atoms with Gasteiger partial charge in [0, 0.05) is 42.7 Å². The fourth-order valence-electron chi connectivity index (χ4n) is 4.52. The minimum Gasteiger partial charge on any atom is -0.356 e. The Balaban J connectivity index is 1.56. The lowest BCUT2D eigenvalue weighted by molar-refractivity contribution is -0.122. The van der Waals surface area contributed by atoms with Gasteiger partial charge in [-0.2, -0.15) is 10.4 Å². The molecule has 0 radical (unpaired) electrons. The molecule has 9 heteroatoms. The zero-order chi connectivity index (χ0) is 25.2. The van der Waals surface area contributed by atoms with Crippen LogP contribution in [-0.4, -0.2) is 44.5 Å². The van der Waals surface area contributed by atoms with Crippen molar-refractivity contribution in [3.05, 3.63) is 71.3 Å². The molecule has 3 aromatic heterocycles. The summed E-state index contributed by atoms with van der Waals surface area (Å²) in [7, 11) is 0. The van der Waals surface area contributed by atoms with Crippen LogP contribution in [0.25, 0.3) is 28.0 Å². The molecule has 1 saturated heterocycles. The lowest BCUT2D eigenvalue weighted by Gasteiger charge is -2.22. The number of nitriles is 1. The highest BCUT2D eigenvalue weighted by Gasteiger charge is 2.22. The van der Waals surface area contributed by atoms with Gasteiger partial charge in [-0.1, -0.05) is 12.1 Å². The van der Waals surface area contributed by atoms with Gasteiger partial charge in [-0.3, -0.25) is 14.6 Å². The van der Waals surface area contributed by atoms with Crippen molar-refractivity contribution in [2.45, 2.75) is 26.7 Å². The first-order valence-corrected chi connectivity index (χ1v) is 11.8. The van der Waals surface area contributed by atoms with E-state index in [1.807, 2.05) is 38.1 Å². The summed E-state index contributed by atoms with van der Waals surface area (Å²) < 4.78 is 1.66. The van der Waals surface area contributed by atoms with Gasteiger partial charge >= 0.3 is 0 Å². The number of carbonyl (C=O) groups is 2. The normalized spacial score (nSPS) is 15.4. The van der Waals surface area contributed by atoms with E-state index in [-0.39, 0.29) is 23.4 Å². The van der Waals surface area contributed by atoms with Crippen LogP contribution < -0.4 is 10.6 Å². The Hall–Kier alpha value is -4.58. The molecule has 0 bridgehead atoms. The highest BCUT2D eigenvalue weighted by Crippen LogP contribution is 2.35. The zero-order valence-electron chi connectivity index (χ0n) is 20.1. The van der Waals surface area contributed by atoms with Crippen molar-refractivity contribution in [3.63, 3.8) is 0 Å². The minimum absolute atomic E-state index is 0.0515. The molecular weight excluding hydrogens is 454 g/mol. The molecule has 1 unspecified atom stereocenters. The van der Waals surface area contributed by atoms with Crippen LogP contribution in [0, 0.1) is 31.1 Å². The molecule has 4 heterocycles. The minimum atomic E-state index is -0.281. The molecule has 0 aliphatic carbocycles. The maximum atomic E-state index is 13.0. The number of nitrogens with one attached hydrogen (secondary N) is 2. The molecule has 1 fully saturated rings. The van der Waals surface area contributed by atoms with Gasteiger partial charge in [-0.05, 0) is 62.1 Å². The number of aryl methyl sites for hydroxylation is 2. The van der Waals surface area contributed by atoms with Crippen molar-refractivity contribution in [3.8, 4) is 28.5 Å². The summed E-state index contributed by atoms with van der Waals surface area (Å²) in [6, 6.07) is 15.0. The van der Waals surface area contributed by atoms with E-state index in [1.54, 1.807) is 28.9 Å². The molecule has 1 atom stereocenters. The molecule has 0 spiro atoms. The smallest absolute Gasteiger partial charge is 0.270 e. The lowest BCUT2D eigenvalue weighted by atomic mass is 9.99. The van der Waals surface area contributed by atoms with E-state index in [0.29, 0.717) is 36.4 Å². The van der Waals surface area contributed by atoms with Crippen LogP contribution in [0.3, 0.4) is 0 Å². The maximum absolute atomic E-state index is 13.0. The van der Waals surface area contributed by atoms with Gasteiger partial charge < -0.3 is 10.6 Å². The van der Waals surface area contributed by atoms with Crippen LogP contribution in [0.2, 0.25) is 0 Å². The fourth-order valence-corrected chi connectivity index (χ4v) is 4.52. The molecule has 1 aliphatic rings. The Labute approximate surface area is 208 Å². The largest absolute Gasteiger partial charge is 0.356 e. The number of carbonyl (C=O) groups excluding carboxylic acids is 2. The molecule has 36 heavy (non-hydrogen) atoms. The Bertz CT molecular complexity index is 1500. The Morgan fingerprint density at radius 2 is 1.97 bits per heavy atom. The zero-order valence-corrected chi connectivity index (χ0v) is 20.1. The quantitative estimate of drug-likeness (QED) is 0.453. The molecule has 1 aliphatic heterocycles. The molecule has 1 aromatic carbocycles. The topological polar surface area (TPSA) is 125 Å². The van der Waals surface area contributed by atoms with Crippen LogP contribution in [0.4, 0.5) is 0 Å². The average molecular weight is 480 g/mol. The SMILES string of the molecule is Cc1cc(-c2c(-c3cccc(C#N)c3)nn3ccc(C(=O)NCC4CCC(=O)NC4)nc23)cc(C)n1. The van der Waals surface area contributed by atoms with Gasteiger partial charge in [0.2, 0.25) is 5.91 Å². The second-order valence-corrected chi connectivity index (χ2v) is 9.05. The first kappa shape index (κ1) is 23.2. The number of aromatic nitrogens is 4. The number of benzene rings is 1. The Morgan fingerprint density at radius 1 is 1.17 bits per heavy atom.